The molecule has 0 aliphatic carbocycles. The van der Waals surface area contributed by atoms with E-state index in [0.717, 1.165) is 6.07 Å². The average molecular weight is 270 g/mol. The lowest BCUT2D eigenvalue weighted by molar-refractivity contribution is -0.137. The highest BCUT2D eigenvalue weighted by atomic mass is 19.4. The molecule has 2 aromatic heterocycles. The van der Waals surface area contributed by atoms with Crippen molar-refractivity contribution in [3.63, 3.8) is 0 Å². The predicted molar refractivity (Wildman–Crippen MR) is 65.3 cm³/mol. The summed E-state index contributed by atoms with van der Waals surface area (Å²) in [6, 6.07) is 0.972. The second kappa shape index (κ2) is 4.56. The molecule has 2 rings (SSSR count). The van der Waals surface area contributed by atoms with Crippen LogP contribution in [-0.4, -0.2) is 15.0 Å². The number of pyridine rings is 1. The van der Waals surface area contributed by atoms with Gasteiger partial charge in [-0.2, -0.15) is 13.2 Å². The Balaban J connectivity index is 2.45. The summed E-state index contributed by atoms with van der Waals surface area (Å²) in [6.07, 6.45) is -1.74. The number of nitrogens with one attached hydrogen (secondary N) is 1. The van der Waals surface area contributed by atoms with E-state index < -0.39 is 17.6 Å². The minimum Gasteiger partial charge on any atom is -0.383 e. The van der Waals surface area contributed by atoms with Gasteiger partial charge in [0.05, 0.1) is 17.5 Å². The number of H-pyrrole nitrogens is 1. The molecular weight excluding hydrogens is 257 g/mol. The summed E-state index contributed by atoms with van der Waals surface area (Å²) in [7, 11) is 0. The maximum atomic E-state index is 12.7. The van der Waals surface area contributed by atoms with E-state index in [1.165, 1.54) is 12.4 Å². The Morgan fingerprint density at radius 2 is 1.89 bits per heavy atom. The van der Waals surface area contributed by atoms with Gasteiger partial charge in [0.2, 0.25) is 0 Å². The molecule has 19 heavy (non-hydrogen) atoms. The minimum absolute atomic E-state index is 0.164. The first-order valence-corrected chi connectivity index (χ1v) is 5.67. The number of aromatic amines is 1. The maximum Gasteiger partial charge on any atom is 0.419 e. The van der Waals surface area contributed by atoms with Crippen LogP contribution in [0.15, 0.2) is 18.5 Å². The number of nitrogens with zero attached hydrogens (tertiary/aromatic N) is 2. The van der Waals surface area contributed by atoms with Crippen LogP contribution in [0.3, 0.4) is 0 Å². The SMILES string of the molecule is CC(C)c1ncc(-c2cnc(N)c(C(F)(F)F)c2)[nH]1. The van der Waals surface area contributed by atoms with Crippen molar-refractivity contribution in [3.8, 4) is 11.3 Å². The van der Waals surface area contributed by atoms with Gasteiger partial charge in [-0.15, -0.1) is 0 Å². The van der Waals surface area contributed by atoms with Gasteiger partial charge in [0.15, 0.2) is 0 Å². The first-order valence-electron chi connectivity index (χ1n) is 5.67. The van der Waals surface area contributed by atoms with E-state index in [1.54, 1.807) is 0 Å². The number of nitrogen functional groups attached to an aromatic ring is 1. The van der Waals surface area contributed by atoms with E-state index in [2.05, 4.69) is 15.0 Å². The molecule has 0 unspecified atom stereocenters. The Morgan fingerprint density at radius 1 is 1.21 bits per heavy atom. The van der Waals surface area contributed by atoms with Crippen LogP contribution in [0.5, 0.6) is 0 Å². The topological polar surface area (TPSA) is 67.6 Å². The second-order valence-corrected chi connectivity index (χ2v) is 4.49. The second-order valence-electron chi connectivity index (χ2n) is 4.49. The Hall–Kier alpha value is -2.05. The molecule has 2 aromatic rings. The van der Waals surface area contributed by atoms with E-state index in [-0.39, 0.29) is 5.92 Å². The lowest BCUT2D eigenvalue weighted by Crippen LogP contribution is -2.10. The van der Waals surface area contributed by atoms with Crippen molar-refractivity contribution in [1.29, 1.82) is 0 Å². The molecular formula is C12H13F3N4. The minimum atomic E-state index is -4.52. The van der Waals surface area contributed by atoms with Crippen LogP contribution in [0, 0.1) is 0 Å². The molecule has 0 amide bonds. The van der Waals surface area contributed by atoms with Crippen molar-refractivity contribution >= 4 is 5.82 Å². The summed E-state index contributed by atoms with van der Waals surface area (Å²) in [6.45, 7) is 3.87. The van der Waals surface area contributed by atoms with Crippen molar-refractivity contribution in [1.82, 2.24) is 15.0 Å². The molecule has 3 N–H and O–H groups in total. The Labute approximate surface area is 107 Å². The van der Waals surface area contributed by atoms with Gasteiger partial charge in [-0.05, 0) is 6.07 Å². The lowest BCUT2D eigenvalue weighted by atomic mass is 10.1. The molecule has 2 heterocycles. The van der Waals surface area contributed by atoms with Crippen molar-refractivity contribution in [2.24, 2.45) is 0 Å². The van der Waals surface area contributed by atoms with Crippen LogP contribution in [0.25, 0.3) is 11.3 Å². The van der Waals surface area contributed by atoms with Crippen molar-refractivity contribution in [2.75, 3.05) is 5.73 Å². The van der Waals surface area contributed by atoms with E-state index in [1.807, 2.05) is 13.8 Å². The number of hydrogen-bond donors (Lipinski definition) is 2. The van der Waals surface area contributed by atoms with Crippen LogP contribution in [0.4, 0.5) is 19.0 Å². The zero-order valence-electron chi connectivity index (χ0n) is 10.4. The average Bonchev–Trinajstić information content (AvgIpc) is 2.77. The standard InChI is InChI=1S/C12H13F3N4/c1-6(2)11-18-5-9(19-11)7-3-8(12(13,14)15)10(16)17-4-7/h3-6H,1-2H3,(H2,16,17)(H,18,19). The van der Waals surface area contributed by atoms with Gasteiger partial charge in [0, 0.05) is 17.7 Å². The highest BCUT2D eigenvalue weighted by molar-refractivity contribution is 5.61. The van der Waals surface area contributed by atoms with Gasteiger partial charge < -0.3 is 10.7 Å². The van der Waals surface area contributed by atoms with Gasteiger partial charge >= 0.3 is 6.18 Å². The fraction of sp³-hybridized carbons (Fsp3) is 0.333. The molecule has 0 atom stereocenters. The number of nitrogens with two attached hydrogens (primary N) is 1. The van der Waals surface area contributed by atoms with E-state index in [0.29, 0.717) is 17.1 Å². The van der Waals surface area contributed by atoms with Crippen molar-refractivity contribution in [3.05, 3.63) is 29.8 Å². The summed E-state index contributed by atoms with van der Waals surface area (Å²) in [5, 5.41) is 0. The Kier molecular flexibility index (Phi) is 3.21. The fourth-order valence-corrected chi connectivity index (χ4v) is 1.63. The Bertz CT molecular complexity index is 587. The van der Waals surface area contributed by atoms with Crippen LogP contribution in [0.1, 0.15) is 31.2 Å². The molecule has 0 bridgehead atoms. The third kappa shape index (κ3) is 2.69. The molecule has 0 saturated heterocycles. The number of alkyl halides is 3. The summed E-state index contributed by atoms with van der Waals surface area (Å²) < 4.78 is 38.2. The molecule has 0 aliphatic heterocycles. The molecule has 0 aromatic carbocycles. The van der Waals surface area contributed by atoms with Crippen LogP contribution in [0.2, 0.25) is 0 Å². The molecule has 4 nitrogen and oxygen atoms in total. The highest BCUT2D eigenvalue weighted by Crippen LogP contribution is 2.34. The smallest absolute Gasteiger partial charge is 0.383 e. The van der Waals surface area contributed by atoms with E-state index in [4.69, 9.17) is 5.73 Å². The first kappa shape index (κ1) is 13.4. The third-order valence-electron chi connectivity index (χ3n) is 2.68. The van der Waals surface area contributed by atoms with Crippen molar-refractivity contribution < 1.29 is 13.2 Å². The van der Waals surface area contributed by atoms with Gasteiger partial charge in [0.25, 0.3) is 0 Å². The molecule has 0 aliphatic rings. The van der Waals surface area contributed by atoms with E-state index >= 15 is 0 Å². The van der Waals surface area contributed by atoms with Gasteiger partial charge in [-0.3, -0.25) is 0 Å². The number of anilines is 1. The predicted octanol–water partition coefficient (Wildman–Crippen LogP) is 3.20. The maximum absolute atomic E-state index is 12.7. The summed E-state index contributed by atoms with van der Waals surface area (Å²) in [4.78, 5) is 10.7. The van der Waals surface area contributed by atoms with Crippen LogP contribution >= 0.6 is 0 Å². The van der Waals surface area contributed by atoms with Crippen LogP contribution in [-0.2, 0) is 6.18 Å². The molecule has 7 heteroatoms. The number of aromatic nitrogens is 3. The molecule has 0 saturated carbocycles. The zero-order valence-corrected chi connectivity index (χ0v) is 10.4. The Morgan fingerprint density at radius 3 is 2.42 bits per heavy atom. The summed E-state index contributed by atoms with van der Waals surface area (Å²) in [5.41, 5.74) is 5.11. The number of imidazole rings is 1. The van der Waals surface area contributed by atoms with E-state index in [9.17, 15) is 13.2 Å². The molecule has 102 valence electrons. The number of rotatable bonds is 2. The summed E-state index contributed by atoms with van der Waals surface area (Å²) >= 11 is 0. The fourth-order valence-electron chi connectivity index (χ4n) is 1.63. The third-order valence-corrected chi connectivity index (χ3v) is 2.68. The lowest BCUT2D eigenvalue weighted by Gasteiger charge is -2.10. The normalized spacial score (nSPS) is 12.1. The quantitative estimate of drug-likeness (QED) is 0.880. The van der Waals surface area contributed by atoms with Gasteiger partial charge in [0.1, 0.15) is 11.6 Å². The monoisotopic (exact) mass is 270 g/mol. The van der Waals surface area contributed by atoms with Gasteiger partial charge in [-0.25, -0.2) is 9.97 Å². The van der Waals surface area contributed by atoms with Gasteiger partial charge in [-0.1, -0.05) is 13.8 Å². The zero-order chi connectivity index (χ0) is 14.2. The number of hydrogen-bond acceptors (Lipinski definition) is 3. The van der Waals surface area contributed by atoms with Crippen molar-refractivity contribution in [2.45, 2.75) is 25.9 Å². The molecule has 0 radical (unpaired) electrons. The highest BCUT2D eigenvalue weighted by Gasteiger charge is 2.34. The number of halogens is 3. The van der Waals surface area contributed by atoms with Crippen LogP contribution < -0.4 is 5.73 Å². The first-order chi connectivity index (χ1) is 8.79. The molecule has 0 fully saturated rings. The largest absolute Gasteiger partial charge is 0.419 e. The molecule has 0 spiro atoms. The summed E-state index contributed by atoms with van der Waals surface area (Å²) in [5.74, 6) is 0.345.